The predicted molar refractivity (Wildman–Crippen MR) is 97.6 cm³/mol. The molecule has 1 aromatic rings. The molecule has 0 unspecified atom stereocenters. The zero-order valence-electron chi connectivity index (χ0n) is 13.9. The van der Waals surface area contributed by atoms with Gasteiger partial charge in [0.05, 0.1) is 24.3 Å². The minimum Gasteiger partial charge on any atom is -0.503 e. The number of rotatable bonds is 5. The Hall–Kier alpha value is -1.60. The molecule has 1 saturated heterocycles. The fraction of sp³-hybridized carbons (Fsp3) is 0.529. The molecule has 1 aliphatic heterocycles. The summed E-state index contributed by atoms with van der Waals surface area (Å²) in [7, 11) is 1.48. The lowest BCUT2D eigenvalue weighted by molar-refractivity contribution is -0.122. The van der Waals surface area contributed by atoms with Crippen LogP contribution in [0.4, 0.5) is 0 Å². The number of phenolic OH excluding ortho intramolecular Hbond substituents is 1. The first-order valence-corrected chi connectivity index (χ1v) is 9.00. The van der Waals surface area contributed by atoms with Gasteiger partial charge < -0.3 is 9.84 Å². The molecule has 132 valence electrons. The minimum atomic E-state index is -0.114. The van der Waals surface area contributed by atoms with Crippen molar-refractivity contribution in [3.8, 4) is 11.5 Å². The van der Waals surface area contributed by atoms with Crippen LogP contribution in [0.2, 0.25) is 0 Å². The van der Waals surface area contributed by atoms with Crippen molar-refractivity contribution in [2.45, 2.75) is 32.1 Å². The summed E-state index contributed by atoms with van der Waals surface area (Å²) in [5, 5.41) is 13.8. The Labute approximate surface area is 151 Å². The van der Waals surface area contributed by atoms with E-state index in [9.17, 15) is 9.90 Å². The number of halogens is 1. The molecule has 0 spiro atoms. The van der Waals surface area contributed by atoms with Gasteiger partial charge in [-0.05, 0) is 59.6 Å². The SMILES string of the molecule is COc1cc(/C=N\NC(=O)CN2CCCCCCC2)cc(Br)c1O. The summed E-state index contributed by atoms with van der Waals surface area (Å²) in [5.74, 6) is 0.269. The van der Waals surface area contributed by atoms with E-state index in [1.54, 1.807) is 12.1 Å². The molecule has 2 rings (SSSR count). The monoisotopic (exact) mass is 397 g/mol. The number of hydrogen-bond acceptors (Lipinski definition) is 5. The van der Waals surface area contributed by atoms with E-state index >= 15 is 0 Å². The van der Waals surface area contributed by atoms with Gasteiger partial charge >= 0.3 is 0 Å². The molecular weight excluding hydrogens is 374 g/mol. The Morgan fingerprint density at radius 1 is 1.33 bits per heavy atom. The third-order valence-corrected chi connectivity index (χ3v) is 4.59. The van der Waals surface area contributed by atoms with Crippen molar-refractivity contribution in [2.24, 2.45) is 5.10 Å². The maximum Gasteiger partial charge on any atom is 0.254 e. The van der Waals surface area contributed by atoms with Gasteiger partial charge in [0.15, 0.2) is 11.5 Å². The Morgan fingerprint density at radius 3 is 2.67 bits per heavy atom. The van der Waals surface area contributed by atoms with Crippen molar-refractivity contribution in [1.82, 2.24) is 10.3 Å². The minimum absolute atomic E-state index is 0.0377. The lowest BCUT2D eigenvalue weighted by Crippen LogP contribution is -2.37. The summed E-state index contributed by atoms with van der Waals surface area (Å²) >= 11 is 3.25. The van der Waals surface area contributed by atoms with E-state index in [-0.39, 0.29) is 11.7 Å². The fourth-order valence-electron chi connectivity index (χ4n) is 2.71. The van der Waals surface area contributed by atoms with Gasteiger partial charge in [-0.1, -0.05) is 19.3 Å². The molecule has 0 atom stereocenters. The molecule has 1 heterocycles. The first kappa shape index (κ1) is 18.7. The first-order valence-electron chi connectivity index (χ1n) is 8.21. The van der Waals surface area contributed by atoms with Gasteiger partial charge in [0.1, 0.15) is 0 Å². The van der Waals surface area contributed by atoms with Crippen LogP contribution >= 0.6 is 15.9 Å². The third kappa shape index (κ3) is 5.79. The Balaban J connectivity index is 1.86. The smallest absolute Gasteiger partial charge is 0.254 e. The van der Waals surface area contributed by atoms with Gasteiger partial charge in [0.2, 0.25) is 0 Å². The number of hydrogen-bond donors (Lipinski definition) is 2. The molecule has 0 radical (unpaired) electrons. The topological polar surface area (TPSA) is 74.2 Å². The number of benzene rings is 1. The van der Waals surface area contributed by atoms with Crippen molar-refractivity contribution in [2.75, 3.05) is 26.7 Å². The summed E-state index contributed by atoms with van der Waals surface area (Å²) in [6, 6.07) is 3.35. The molecule has 1 aliphatic rings. The van der Waals surface area contributed by atoms with Gasteiger partial charge in [-0.25, -0.2) is 5.43 Å². The second-order valence-electron chi connectivity index (χ2n) is 5.89. The summed E-state index contributed by atoms with van der Waals surface area (Å²) < 4.78 is 5.59. The predicted octanol–water partition coefficient (Wildman–Crippen LogP) is 2.88. The number of methoxy groups -OCH3 is 1. The summed E-state index contributed by atoms with van der Waals surface area (Å²) in [4.78, 5) is 14.2. The van der Waals surface area contributed by atoms with Crippen LogP contribution in [0.3, 0.4) is 0 Å². The molecule has 6 nitrogen and oxygen atoms in total. The quantitative estimate of drug-likeness (QED) is 0.591. The molecule has 1 amide bonds. The maximum atomic E-state index is 12.0. The zero-order valence-corrected chi connectivity index (χ0v) is 15.5. The van der Waals surface area contributed by atoms with E-state index in [0.717, 1.165) is 25.9 Å². The summed E-state index contributed by atoms with van der Waals surface area (Å²) in [6.07, 6.45) is 7.62. The Kier molecular flexibility index (Phi) is 7.52. The number of amides is 1. The van der Waals surface area contributed by atoms with Crippen LogP contribution in [-0.4, -0.2) is 48.9 Å². The number of aromatic hydroxyl groups is 1. The standard InChI is InChI=1S/C17H24BrN3O3/c1-24-15-10-13(9-14(18)17(15)23)11-19-20-16(22)12-21-7-5-3-2-4-6-8-21/h9-11,23H,2-8,12H2,1H3,(H,20,22)/b19-11-. The van der Waals surface area contributed by atoms with Gasteiger partial charge in [-0.2, -0.15) is 5.10 Å². The highest BCUT2D eigenvalue weighted by atomic mass is 79.9. The molecule has 1 fully saturated rings. The molecule has 0 aliphatic carbocycles. The highest BCUT2D eigenvalue weighted by Crippen LogP contribution is 2.34. The number of carbonyl (C=O) groups excluding carboxylic acids is 1. The first-order chi connectivity index (χ1) is 11.6. The third-order valence-electron chi connectivity index (χ3n) is 3.99. The maximum absolute atomic E-state index is 12.0. The average Bonchev–Trinajstić information content (AvgIpc) is 2.53. The van der Waals surface area contributed by atoms with E-state index in [2.05, 4.69) is 31.4 Å². The number of hydrazone groups is 1. The number of nitrogens with one attached hydrogen (secondary N) is 1. The van der Waals surface area contributed by atoms with Crippen LogP contribution in [-0.2, 0) is 4.79 Å². The lowest BCUT2D eigenvalue weighted by atomic mass is 10.1. The Bertz CT molecular complexity index is 585. The molecule has 2 N–H and O–H groups in total. The van der Waals surface area contributed by atoms with E-state index in [1.165, 1.54) is 32.6 Å². The summed E-state index contributed by atoms with van der Waals surface area (Å²) in [6.45, 7) is 2.32. The van der Waals surface area contributed by atoms with Crippen molar-refractivity contribution in [1.29, 1.82) is 0 Å². The van der Waals surface area contributed by atoms with Crippen LogP contribution in [0.5, 0.6) is 11.5 Å². The van der Waals surface area contributed by atoms with Gasteiger partial charge in [0.25, 0.3) is 5.91 Å². The second-order valence-corrected chi connectivity index (χ2v) is 6.75. The van der Waals surface area contributed by atoms with Crippen LogP contribution in [0.25, 0.3) is 0 Å². The van der Waals surface area contributed by atoms with Gasteiger partial charge in [-0.3, -0.25) is 9.69 Å². The van der Waals surface area contributed by atoms with E-state index in [0.29, 0.717) is 22.3 Å². The fourth-order valence-corrected chi connectivity index (χ4v) is 3.17. The number of carbonyl (C=O) groups is 1. The normalized spacial score (nSPS) is 16.6. The highest BCUT2D eigenvalue weighted by molar-refractivity contribution is 9.10. The van der Waals surface area contributed by atoms with Crippen LogP contribution < -0.4 is 10.2 Å². The van der Waals surface area contributed by atoms with Gasteiger partial charge in [-0.15, -0.1) is 0 Å². The van der Waals surface area contributed by atoms with E-state index in [4.69, 9.17) is 4.74 Å². The molecule has 7 heteroatoms. The highest BCUT2D eigenvalue weighted by Gasteiger charge is 2.12. The molecule has 1 aromatic carbocycles. The number of nitrogens with zero attached hydrogens (tertiary/aromatic N) is 2. The van der Waals surface area contributed by atoms with Crippen molar-refractivity contribution in [3.05, 3.63) is 22.2 Å². The molecule has 0 saturated carbocycles. The molecule has 0 aromatic heterocycles. The number of ether oxygens (including phenoxy) is 1. The van der Waals surface area contributed by atoms with Crippen LogP contribution in [0.1, 0.15) is 37.7 Å². The molecular formula is C17H24BrN3O3. The van der Waals surface area contributed by atoms with Gasteiger partial charge in [0, 0.05) is 0 Å². The largest absolute Gasteiger partial charge is 0.503 e. The van der Waals surface area contributed by atoms with Crippen molar-refractivity contribution >= 4 is 28.1 Å². The zero-order chi connectivity index (χ0) is 17.4. The number of likely N-dealkylation sites (tertiary alicyclic amines) is 1. The van der Waals surface area contributed by atoms with Crippen molar-refractivity contribution in [3.63, 3.8) is 0 Å². The van der Waals surface area contributed by atoms with E-state index in [1.807, 2.05) is 0 Å². The number of phenols is 1. The Morgan fingerprint density at radius 2 is 2.00 bits per heavy atom. The second kappa shape index (κ2) is 9.64. The van der Waals surface area contributed by atoms with E-state index < -0.39 is 0 Å². The molecule has 24 heavy (non-hydrogen) atoms. The van der Waals surface area contributed by atoms with Crippen LogP contribution in [0, 0.1) is 0 Å². The molecule has 0 bridgehead atoms. The van der Waals surface area contributed by atoms with Crippen molar-refractivity contribution < 1.29 is 14.6 Å². The lowest BCUT2D eigenvalue weighted by Gasteiger charge is -2.23. The van der Waals surface area contributed by atoms with Crippen LogP contribution in [0.15, 0.2) is 21.7 Å². The summed E-state index contributed by atoms with van der Waals surface area (Å²) in [5.41, 5.74) is 3.27. The average molecular weight is 398 g/mol.